The van der Waals surface area contributed by atoms with Crippen molar-refractivity contribution < 1.29 is 9.53 Å². The molecule has 2 aliphatic rings. The van der Waals surface area contributed by atoms with Gasteiger partial charge in [0.15, 0.2) is 0 Å². The fourth-order valence-corrected chi connectivity index (χ4v) is 1.72. The van der Waals surface area contributed by atoms with Crippen LogP contribution in [0.3, 0.4) is 0 Å². The van der Waals surface area contributed by atoms with Crippen LogP contribution < -0.4 is 5.32 Å². The van der Waals surface area contributed by atoms with Gasteiger partial charge in [-0.3, -0.25) is 0 Å². The Hall–Kier alpha value is -0.990. The minimum Gasteiger partial charge on any atom is -0.462 e. The Kier molecular flexibility index (Phi) is 2.02. The van der Waals surface area contributed by atoms with Gasteiger partial charge in [-0.1, -0.05) is 0 Å². The van der Waals surface area contributed by atoms with E-state index in [2.05, 4.69) is 5.32 Å². The monoisotopic (exact) mass is 167 g/mol. The topological polar surface area (TPSA) is 38.3 Å². The van der Waals surface area contributed by atoms with Crippen molar-refractivity contribution in [1.82, 2.24) is 5.32 Å². The number of rotatable bonds is 0. The van der Waals surface area contributed by atoms with Gasteiger partial charge in [-0.05, 0) is 19.3 Å². The Bertz CT molecular complexity index is 225. The van der Waals surface area contributed by atoms with Crippen molar-refractivity contribution in [2.45, 2.75) is 25.7 Å². The maximum Gasteiger partial charge on any atom is 0.335 e. The molecule has 2 fully saturated rings. The molecule has 0 amide bonds. The van der Waals surface area contributed by atoms with Crippen molar-refractivity contribution in [3.8, 4) is 0 Å². The minimum atomic E-state index is -0.112. The first kappa shape index (κ1) is 7.65. The number of carbonyl (C=O) groups is 1. The number of nitrogens with one attached hydrogen (secondary N) is 1. The average Bonchev–Trinajstić information content (AvgIpc) is 2.53. The van der Waals surface area contributed by atoms with Crippen LogP contribution in [0.15, 0.2) is 11.3 Å². The van der Waals surface area contributed by atoms with E-state index < -0.39 is 0 Å². The van der Waals surface area contributed by atoms with Gasteiger partial charge >= 0.3 is 5.97 Å². The predicted molar refractivity (Wildman–Crippen MR) is 44.5 cm³/mol. The highest BCUT2D eigenvalue weighted by Crippen LogP contribution is 2.21. The summed E-state index contributed by atoms with van der Waals surface area (Å²) >= 11 is 0. The van der Waals surface area contributed by atoms with Crippen LogP contribution in [0.2, 0.25) is 0 Å². The number of hydrogen-bond donors (Lipinski definition) is 1. The summed E-state index contributed by atoms with van der Waals surface area (Å²) in [4.78, 5) is 11.2. The van der Waals surface area contributed by atoms with Gasteiger partial charge in [0.1, 0.15) is 0 Å². The van der Waals surface area contributed by atoms with Gasteiger partial charge < -0.3 is 10.1 Å². The van der Waals surface area contributed by atoms with Crippen molar-refractivity contribution in [2.75, 3.05) is 13.2 Å². The van der Waals surface area contributed by atoms with Crippen molar-refractivity contribution in [1.29, 1.82) is 0 Å². The number of cyclic esters (lactones) is 1. The van der Waals surface area contributed by atoms with E-state index in [4.69, 9.17) is 4.74 Å². The van der Waals surface area contributed by atoms with Gasteiger partial charge in [0, 0.05) is 18.7 Å². The molecule has 1 N–H and O–H groups in total. The van der Waals surface area contributed by atoms with Gasteiger partial charge in [-0.25, -0.2) is 4.79 Å². The van der Waals surface area contributed by atoms with E-state index in [-0.39, 0.29) is 5.97 Å². The molecule has 0 saturated carbocycles. The van der Waals surface area contributed by atoms with Crippen molar-refractivity contribution in [3.05, 3.63) is 11.3 Å². The molecule has 3 nitrogen and oxygen atoms in total. The lowest BCUT2D eigenvalue weighted by Gasteiger charge is -2.17. The maximum absolute atomic E-state index is 11.2. The summed E-state index contributed by atoms with van der Waals surface area (Å²) in [5.74, 6) is -0.112. The van der Waals surface area contributed by atoms with Crippen LogP contribution in [-0.2, 0) is 9.53 Å². The summed E-state index contributed by atoms with van der Waals surface area (Å²) < 4.78 is 4.88. The highest BCUT2D eigenvalue weighted by atomic mass is 16.5. The van der Waals surface area contributed by atoms with Crippen LogP contribution >= 0.6 is 0 Å². The summed E-state index contributed by atoms with van der Waals surface area (Å²) in [6.45, 7) is 1.57. The van der Waals surface area contributed by atoms with Gasteiger partial charge in [0.2, 0.25) is 0 Å². The lowest BCUT2D eigenvalue weighted by Crippen LogP contribution is -2.22. The molecule has 3 heteroatoms. The van der Waals surface area contributed by atoms with E-state index in [1.54, 1.807) is 0 Å². The second-order valence-electron chi connectivity index (χ2n) is 3.23. The van der Waals surface area contributed by atoms with Gasteiger partial charge in [-0.15, -0.1) is 0 Å². The first-order valence-electron chi connectivity index (χ1n) is 4.51. The molecule has 0 spiro atoms. The van der Waals surface area contributed by atoms with Gasteiger partial charge in [0.25, 0.3) is 0 Å². The lowest BCUT2D eigenvalue weighted by molar-refractivity contribution is -0.135. The number of piperidine rings is 1. The standard InChI is InChI=1S/C9H13NO2/c11-9-7(4-6-12-9)8-3-1-2-5-10-8/h10H,1-6H2/b8-7-. The number of allylic oxidation sites excluding steroid dienone is 1. The Morgan fingerprint density at radius 2 is 2.17 bits per heavy atom. The van der Waals surface area contributed by atoms with E-state index in [0.717, 1.165) is 30.7 Å². The van der Waals surface area contributed by atoms with Crippen molar-refractivity contribution in [3.63, 3.8) is 0 Å². The summed E-state index contributed by atoms with van der Waals surface area (Å²) in [6, 6.07) is 0. The summed E-state index contributed by atoms with van der Waals surface area (Å²) in [5, 5.41) is 3.27. The minimum absolute atomic E-state index is 0.112. The molecule has 0 radical (unpaired) electrons. The van der Waals surface area contributed by atoms with Gasteiger partial charge in [-0.2, -0.15) is 0 Å². The zero-order valence-electron chi connectivity index (χ0n) is 7.06. The highest BCUT2D eigenvalue weighted by Gasteiger charge is 2.23. The number of hydrogen-bond acceptors (Lipinski definition) is 3. The third kappa shape index (κ3) is 1.31. The molecule has 0 atom stereocenters. The SMILES string of the molecule is O=C1OCC/C1=C1\CCCCN1. The second kappa shape index (κ2) is 3.17. The first-order chi connectivity index (χ1) is 5.88. The molecular weight excluding hydrogens is 154 g/mol. The van der Waals surface area contributed by atoms with Crippen LogP contribution in [0.5, 0.6) is 0 Å². The molecule has 0 unspecified atom stereocenters. The molecule has 2 rings (SSSR count). The summed E-state index contributed by atoms with van der Waals surface area (Å²) in [6.07, 6.45) is 4.22. The van der Waals surface area contributed by atoms with E-state index in [0.29, 0.717) is 6.61 Å². The number of carbonyl (C=O) groups excluding carboxylic acids is 1. The normalized spacial score (nSPS) is 29.8. The van der Waals surface area contributed by atoms with Crippen molar-refractivity contribution in [2.24, 2.45) is 0 Å². The Morgan fingerprint density at radius 3 is 2.75 bits per heavy atom. The highest BCUT2D eigenvalue weighted by molar-refractivity contribution is 5.91. The molecule has 66 valence electrons. The first-order valence-corrected chi connectivity index (χ1v) is 4.51. The molecule has 2 aliphatic heterocycles. The quantitative estimate of drug-likeness (QED) is 0.431. The van der Waals surface area contributed by atoms with Crippen LogP contribution in [0.1, 0.15) is 25.7 Å². The van der Waals surface area contributed by atoms with Crippen LogP contribution in [0, 0.1) is 0 Å². The Balaban J connectivity index is 2.16. The molecule has 0 aliphatic carbocycles. The van der Waals surface area contributed by atoms with E-state index >= 15 is 0 Å². The summed E-state index contributed by atoms with van der Waals surface area (Å²) in [5.41, 5.74) is 2.01. The molecular formula is C9H13NO2. The van der Waals surface area contributed by atoms with Crippen LogP contribution in [0.25, 0.3) is 0 Å². The van der Waals surface area contributed by atoms with Crippen LogP contribution in [0.4, 0.5) is 0 Å². The van der Waals surface area contributed by atoms with Gasteiger partial charge in [0.05, 0.1) is 12.2 Å². The predicted octanol–water partition coefficient (Wildman–Crippen LogP) is 0.961. The molecule has 2 saturated heterocycles. The number of esters is 1. The fraction of sp³-hybridized carbons (Fsp3) is 0.667. The molecule has 0 bridgehead atoms. The average molecular weight is 167 g/mol. The zero-order chi connectivity index (χ0) is 8.39. The second-order valence-corrected chi connectivity index (χ2v) is 3.23. The third-order valence-electron chi connectivity index (χ3n) is 2.39. The molecule has 12 heavy (non-hydrogen) atoms. The molecule has 2 heterocycles. The largest absolute Gasteiger partial charge is 0.462 e. The third-order valence-corrected chi connectivity index (χ3v) is 2.39. The summed E-state index contributed by atoms with van der Waals surface area (Å²) in [7, 11) is 0. The van der Waals surface area contributed by atoms with Crippen molar-refractivity contribution >= 4 is 5.97 Å². The van der Waals surface area contributed by atoms with E-state index in [1.165, 1.54) is 12.8 Å². The Morgan fingerprint density at radius 1 is 1.25 bits per heavy atom. The van der Waals surface area contributed by atoms with E-state index in [1.807, 2.05) is 0 Å². The molecule has 0 aromatic rings. The van der Waals surface area contributed by atoms with E-state index in [9.17, 15) is 4.79 Å². The fourth-order valence-electron chi connectivity index (χ4n) is 1.72. The smallest absolute Gasteiger partial charge is 0.335 e. The number of ether oxygens (including phenoxy) is 1. The van der Waals surface area contributed by atoms with Crippen LogP contribution in [-0.4, -0.2) is 19.1 Å². The molecule has 0 aromatic heterocycles. The lowest BCUT2D eigenvalue weighted by atomic mass is 10.0. The Labute approximate surface area is 71.8 Å². The maximum atomic E-state index is 11.2. The molecule has 0 aromatic carbocycles. The zero-order valence-corrected chi connectivity index (χ0v) is 7.06.